The number of rotatable bonds is 8. The first-order valence-electron chi connectivity index (χ1n) is 8.33. The molecule has 2 rings (SSSR count). The molecule has 1 amide bonds. The second-order valence-corrected chi connectivity index (χ2v) is 5.92. The van der Waals surface area contributed by atoms with Crippen LogP contribution in [0, 0.1) is 5.92 Å². The number of carbonyl (C=O) groups excluding carboxylic acids is 1. The van der Waals surface area contributed by atoms with E-state index in [0.717, 1.165) is 16.9 Å². The Labute approximate surface area is 147 Å². The van der Waals surface area contributed by atoms with E-state index in [4.69, 9.17) is 9.84 Å². The van der Waals surface area contributed by atoms with Crippen LogP contribution in [0.5, 0.6) is 5.75 Å². The maximum atomic E-state index is 12.3. The summed E-state index contributed by atoms with van der Waals surface area (Å²) in [6.45, 7) is 4.62. The van der Waals surface area contributed by atoms with Crippen LogP contribution in [0.25, 0.3) is 11.1 Å². The molecule has 0 saturated heterocycles. The third-order valence-electron chi connectivity index (χ3n) is 3.76. The van der Waals surface area contributed by atoms with Crippen LogP contribution in [-0.4, -0.2) is 30.1 Å². The third kappa shape index (κ3) is 5.35. The Bertz CT molecular complexity index is 742. The first-order chi connectivity index (χ1) is 12.0. The summed E-state index contributed by atoms with van der Waals surface area (Å²) >= 11 is 0. The molecule has 0 bridgehead atoms. The fraction of sp³-hybridized carbons (Fsp3) is 0.300. The van der Waals surface area contributed by atoms with Crippen molar-refractivity contribution in [3.63, 3.8) is 0 Å². The lowest BCUT2D eigenvalue weighted by Crippen LogP contribution is -2.29. The molecule has 5 nitrogen and oxygen atoms in total. The van der Waals surface area contributed by atoms with E-state index < -0.39 is 5.97 Å². The molecule has 0 aromatic heterocycles. The van der Waals surface area contributed by atoms with Crippen LogP contribution in [0.2, 0.25) is 0 Å². The number of ether oxygens (including phenoxy) is 1. The van der Waals surface area contributed by atoms with Gasteiger partial charge in [0.05, 0.1) is 6.61 Å². The molecule has 25 heavy (non-hydrogen) atoms. The zero-order valence-electron chi connectivity index (χ0n) is 14.5. The van der Waals surface area contributed by atoms with Crippen molar-refractivity contribution in [2.45, 2.75) is 20.3 Å². The van der Waals surface area contributed by atoms with Crippen molar-refractivity contribution < 1.29 is 19.4 Å². The van der Waals surface area contributed by atoms with Gasteiger partial charge < -0.3 is 15.2 Å². The summed E-state index contributed by atoms with van der Waals surface area (Å²) in [7, 11) is 0. The van der Waals surface area contributed by atoms with Gasteiger partial charge in [0.2, 0.25) is 0 Å². The van der Waals surface area contributed by atoms with Gasteiger partial charge in [0.25, 0.3) is 5.91 Å². The minimum Gasteiger partial charge on any atom is -0.493 e. The first kappa shape index (κ1) is 18.5. The summed E-state index contributed by atoms with van der Waals surface area (Å²) in [4.78, 5) is 23.0. The van der Waals surface area contributed by atoms with Crippen molar-refractivity contribution >= 4 is 11.9 Å². The average molecular weight is 341 g/mol. The number of benzene rings is 2. The van der Waals surface area contributed by atoms with Gasteiger partial charge in [-0.25, -0.2) is 0 Å². The summed E-state index contributed by atoms with van der Waals surface area (Å²) in [5.74, 6) is -0.426. The van der Waals surface area contributed by atoms with Crippen LogP contribution in [0.15, 0.2) is 48.5 Å². The highest BCUT2D eigenvalue weighted by Crippen LogP contribution is 2.30. The van der Waals surface area contributed by atoms with E-state index in [0.29, 0.717) is 18.7 Å². The van der Waals surface area contributed by atoms with Crippen LogP contribution >= 0.6 is 0 Å². The lowest BCUT2D eigenvalue weighted by molar-refractivity contribution is -0.137. The summed E-state index contributed by atoms with van der Waals surface area (Å²) in [5.41, 5.74) is 2.36. The Morgan fingerprint density at radius 2 is 1.92 bits per heavy atom. The Morgan fingerprint density at radius 1 is 1.16 bits per heavy atom. The highest BCUT2D eigenvalue weighted by atomic mass is 16.5. The number of nitrogens with one attached hydrogen (secondary N) is 1. The van der Waals surface area contributed by atoms with Crippen molar-refractivity contribution in [2.24, 2.45) is 5.92 Å². The monoisotopic (exact) mass is 341 g/mol. The van der Waals surface area contributed by atoms with Gasteiger partial charge in [-0.1, -0.05) is 37.3 Å². The van der Waals surface area contributed by atoms with Crippen LogP contribution < -0.4 is 10.1 Å². The molecule has 0 aliphatic heterocycles. The average Bonchev–Trinajstić information content (AvgIpc) is 2.60. The molecule has 0 fully saturated rings. The third-order valence-corrected chi connectivity index (χ3v) is 3.76. The number of carbonyl (C=O) groups is 2. The highest BCUT2D eigenvalue weighted by molar-refractivity contribution is 5.95. The molecule has 0 spiro atoms. The summed E-state index contributed by atoms with van der Waals surface area (Å²) in [6.07, 6.45) is 0.0298. The molecular weight excluding hydrogens is 318 g/mol. The van der Waals surface area contributed by atoms with Crippen molar-refractivity contribution in [1.82, 2.24) is 5.32 Å². The number of para-hydroxylation sites is 1. The van der Waals surface area contributed by atoms with Crippen LogP contribution in [-0.2, 0) is 4.79 Å². The quantitative estimate of drug-likeness (QED) is 0.769. The van der Waals surface area contributed by atoms with E-state index in [2.05, 4.69) is 5.32 Å². The van der Waals surface area contributed by atoms with Crippen molar-refractivity contribution in [2.75, 3.05) is 13.2 Å². The zero-order chi connectivity index (χ0) is 18.2. The molecule has 2 aromatic carbocycles. The lowest BCUT2D eigenvalue weighted by Gasteiger charge is -2.13. The second-order valence-electron chi connectivity index (χ2n) is 5.92. The van der Waals surface area contributed by atoms with Gasteiger partial charge >= 0.3 is 5.97 Å². The minimum atomic E-state index is -0.865. The topological polar surface area (TPSA) is 75.6 Å². The Kier molecular flexibility index (Phi) is 6.57. The van der Waals surface area contributed by atoms with E-state index in [-0.39, 0.29) is 18.2 Å². The number of amides is 1. The molecule has 1 atom stereocenters. The van der Waals surface area contributed by atoms with Crippen LogP contribution in [0.3, 0.4) is 0 Å². The number of hydrogen-bond acceptors (Lipinski definition) is 3. The molecule has 132 valence electrons. The first-order valence-corrected chi connectivity index (χ1v) is 8.33. The summed E-state index contributed by atoms with van der Waals surface area (Å²) in [6, 6.07) is 15.0. The van der Waals surface area contributed by atoms with E-state index in [9.17, 15) is 9.59 Å². The molecule has 0 radical (unpaired) electrons. The van der Waals surface area contributed by atoms with Crippen LogP contribution in [0.1, 0.15) is 30.6 Å². The van der Waals surface area contributed by atoms with Gasteiger partial charge in [-0.2, -0.15) is 0 Å². The predicted molar refractivity (Wildman–Crippen MR) is 96.8 cm³/mol. The maximum absolute atomic E-state index is 12.3. The van der Waals surface area contributed by atoms with Gasteiger partial charge in [0.1, 0.15) is 5.75 Å². The molecule has 0 aliphatic carbocycles. The molecule has 5 heteroatoms. The molecule has 0 heterocycles. The molecule has 2 N–H and O–H groups in total. The fourth-order valence-corrected chi connectivity index (χ4v) is 2.55. The van der Waals surface area contributed by atoms with E-state index in [1.165, 1.54) is 0 Å². The number of hydrogen-bond donors (Lipinski definition) is 2. The molecular formula is C20H23NO4. The summed E-state index contributed by atoms with van der Waals surface area (Å²) < 4.78 is 5.65. The standard InChI is InChI=1S/C20H23NO4/c1-3-25-18-10-5-4-9-17(18)15-7-6-8-16(12-15)20(24)21-13-14(2)11-19(22)23/h4-10,12,14H,3,11,13H2,1-2H3,(H,21,24)(H,22,23). The van der Waals surface area contributed by atoms with Gasteiger partial charge in [-0.3, -0.25) is 9.59 Å². The Balaban J connectivity index is 2.13. The molecule has 0 saturated carbocycles. The molecule has 1 unspecified atom stereocenters. The van der Waals surface area contributed by atoms with Crippen molar-refractivity contribution in [3.05, 3.63) is 54.1 Å². The minimum absolute atomic E-state index is 0.0298. The van der Waals surface area contributed by atoms with Gasteiger partial charge in [-0.15, -0.1) is 0 Å². The maximum Gasteiger partial charge on any atom is 0.303 e. The number of carboxylic acids is 1. The SMILES string of the molecule is CCOc1ccccc1-c1cccc(C(=O)NCC(C)CC(=O)O)c1. The molecule has 2 aromatic rings. The number of aliphatic carboxylic acids is 1. The van der Waals surface area contributed by atoms with Crippen molar-refractivity contribution in [1.29, 1.82) is 0 Å². The Hall–Kier alpha value is -2.82. The molecule has 0 aliphatic rings. The smallest absolute Gasteiger partial charge is 0.303 e. The normalized spacial score (nSPS) is 11.6. The number of carboxylic acid groups (broad SMARTS) is 1. The summed E-state index contributed by atoms with van der Waals surface area (Å²) in [5, 5.41) is 11.6. The fourth-order valence-electron chi connectivity index (χ4n) is 2.55. The van der Waals surface area contributed by atoms with E-state index in [1.54, 1.807) is 13.0 Å². The predicted octanol–water partition coefficient (Wildman–Crippen LogP) is 3.59. The zero-order valence-corrected chi connectivity index (χ0v) is 14.5. The van der Waals surface area contributed by atoms with Gasteiger partial charge in [-0.05, 0) is 36.6 Å². The lowest BCUT2D eigenvalue weighted by atomic mass is 10.0. The van der Waals surface area contributed by atoms with Crippen molar-refractivity contribution in [3.8, 4) is 16.9 Å². The van der Waals surface area contributed by atoms with E-state index >= 15 is 0 Å². The van der Waals surface area contributed by atoms with E-state index in [1.807, 2.05) is 49.4 Å². The largest absolute Gasteiger partial charge is 0.493 e. The van der Waals surface area contributed by atoms with Gasteiger partial charge in [0.15, 0.2) is 0 Å². The van der Waals surface area contributed by atoms with Gasteiger partial charge in [0, 0.05) is 24.1 Å². The second kappa shape index (κ2) is 8.87. The highest BCUT2D eigenvalue weighted by Gasteiger charge is 2.12. The Morgan fingerprint density at radius 3 is 2.64 bits per heavy atom. The van der Waals surface area contributed by atoms with Crippen LogP contribution in [0.4, 0.5) is 0 Å².